The normalized spacial score (nSPS) is 25.0. The zero-order valence-electron chi connectivity index (χ0n) is 31.5. The summed E-state index contributed by atoms with van der Waals surface area (Å²) in [6, 6.07) is 31.8. The van der Waals surface area contributed by atoms with Crippen molar-refractivity contribution in [1.82, 2.24) is 4.90 Å². The maximum absolute atomic E-state index is 15.3. The summed E-state index contributed by atoms with van der Waals surface area (Å²) in [5.74, 6) is 0.430. The van der Waals surface area contributed by atoms with Gasteiger partial charge in [-0.15, -0.1) is 0 Å². The van der Waals surface area contributed by atoms with Crippen molar-refractivity contribution in [3.05, 3.63) is 119 Å². The highest BCUT2D eigenvalue weighted by Gasteiger charge is 2.66. The lowest BCUT2D eigenvalue weighted by Crippen LogP contribution is -2.52. The van der Waals surface area contributed by atoms with E-state index in [1.807, 2.05) is 87.5 Å². The van der Waals surface area contributed by atoms with Gasteiger partial charge < -0.3 is 29.3 Å². The summed E-state index contributed by atoms with van der Waals surface area (Å²) in [7, 11) is -0.828. The van der Waals surface area contributed by atoms with Gasteiger partial charge in [0.2, 0.25) is 11.8 Å². The number of ether oxygens (including phenoxy) is 2. The maximum atomic E-state index is 15.3. The maximum Gasteiger partial charge on any atom is 0.264 e. The molecule has 280 valence electrons. The third-order valence-electron chi connectivity index (χ3n) is 12.6. The topological polar surface area (TPSA) is 99.6 Å². The van der Waals surface area contributed by atoms with Gasteiger partial charge in [0.05, 0.1) is 52.6 Å². The lowest BCUT2D eigenvalue weighted by atomic mass is 9.82. The molecule has 8 rings (SSSR count). The molecule has 0 bridgehead atoms. The van der Waals surface area contributed by atoms with Crippen LogP contribution < -0.4 is 19.7 Å². The number of aliphatic hydroxyl groups excluding tert-OH is 1. The molecule has 0 saturated carbocycles. The molecule has 4 aliphatic heterocycles. The second-order valence-corrected chi connectivity index (χ2v) is 20.6. The standard InChI is InChI=1S/C44H49N3O6Si/c1-29-42(54(3,4)36-20-18-35(52-2)19-21-36)39(25-41(50)46-27-32-13-6-5-12-31(32)24-34(46)28-48)53-44(29)37-15-7-8-16-38(37)47(43(44)51)26-30-11-9-14-33(23-30)45-22-10-17-40(45)49/h5-9,11-16,18-21,23,29,34,39,42,48H,10,17,22,24-28H2,1-4H3/t29-,34+,39+,42-,44+/m1/s1. The second-order valence-electron chi connectivity index (χ2n) is 15.9. The van der Waals surface area contributed by atoms with Gasteiger partial charge in [-0.1, -0.05) is 91.9 Å². The summed E-state index contributed by atoms with van der Waals surface area (Å²) in [4.78, 5) is 47.9. The van der Waals surface area contributed by atoms with Crippen LogP contribution in [0, 0.1) is 5.92 Å². The summed E-state index contributed by atoms with van der Waals surface area (Å²) >= 11 is 0. The summed E-state index contributed by atoms with van der Waals surface area (Å²) < 4.78 is 12.8. The summed E-state index contributed by atoms with van der Waals surface area (Å²) in [5.41, 5.74) is 4.25. The Morgan fingerprint density at radius 2 is 1.70 bits per heavy atom. The third-order valence-corrected chi connectivity index (χ3v) is 17.0. The number of rotatable bonds is 9. The molecule has 4 aromatic carbocycles. The van der Waals surface area contributed by atoms with Gasteiger partial charge in [0.1, 0.15) is 5.75 Å². The Morgan fingerprint density at radius 3 is 2.43 bits per heavy atom. The van der Waals surface area contributed by atoms with Gasteiger partial charge in [0, 0.05) is 36.7 Å². The molecule has 9 nitrogen and oxygen atoms in total. The van der Waals surface area contributed by atoms with Gasteiger partial charge >= 0.3 is 0 Å². The highest BCUT2D eigenvalue weighted by atomic mass is 28.3. The van der Waals surface area contributed by atoms with E-state index in [0.29, 0.717) is 32.5 Å². The number of amides is 3. The average molecular weight is 744 g/mol. The minimum atomic E-state index is -2.49. The van der Waals surface area contributed by atoms with Crippen LogP contribution in [0.1, 0.15) is 48.4 Å². The van der Waals surface area contributed by atoms with Crippen LogP contribution in [-0.2, 0) is 44.2 Å². The molecule has 4 heterocycles. The second kappa shape index (κ2) is 14.1. The highest BCUT2D eigenvalue weighted by molar-refractivity contribution is 6.91. The van der Waals surface area contributed by atoms with E-state index in [-0.39, 0.29) is 48.3 Å². The van der Waals surface area contributed by atoms with Gasteiger partial charge in [-0.2, -0.15) is 0 Å². The number of benzene rings is 4. The van der Waals surface area contributed by atoms with Crippen LogP contribution in [-0.4, -0.2) is 68.2 Å². The third kappa shape index (κ3) is 5.95. The molecule has 5 atom stereocenters. The van der Waals surface area contributed by atoms with E-state index in [1.165, 1.54) is 5.19 Å². The molecule has 54 heavy (non-hydrogen) atoms. The number of aliphatic hydroxyl groups is 1. The van der Waals surface area contributed by atoms with E-state index in [0.717, 1.165) is 45.8 Å². The van der Waals surface area contributed by atoms with Crippen molar-refractivity contribution < 1.29 is 29.0 Å². The summed E-state index contributed by atoms with van der Waals surface area (Å²) in [6.45, 7) is 8.09. The molecule has 2 fully saturated rings. The van der Waals surface area contributed by atoms with Crippen LogP contribution >= 0.6 is 0 Å². The number of anilines is 2. The molecule has 4 aliphatic rings. The summed E-state index contributed by atoms with van der Waals surface area (Å²) in [5, 5.41) is 11.7. The minimum absolute atomic E-state index is 0.0776. The molecular weight excluding hydrogens is 695 g/mol. The summed E-state index contributed by atoms with van der Waals surface area (Å²) in [6.07, 6.45) is 1.53. The van der Waals surface area contributed by atoms with Gasteiger partial charge in [0.25, 0.3) is 5.91 Å². The van der Waals surface area contributed by atoms with Crippen molar-refractivity contribution in [3.8, 4) is 5.75 Å². The first-order valence-corrected chi connectivity index (χ1v) is 22.2. The molecule has 0 unspecified atom stereocenters. The van der Waals surface area contributed by atoms with Crippen LogP contribution in [0.25, 0.3) is 0 Å². The fourth-order valence-electron chi connectivity index (χ4n) is 9.88. The molecule has 0 radical (unpaired) electrons. The highest BCUT2D eigenvalue weighted by Crippen LogP contribution is 2.60. The largest absolute Gasteiger partial charge is 0.497 e. The first kappa shape index (κ1) is 36.2. The lowest BCUT2D eigenvalue weighted by molar-refractivity contribution is -0.151. The molecule has 0 aliphatic carbocycles. The number of hydrogen-bond donors (Lipinski definition) is 1. The predicted molar refractivity (Wildman–Crippen MR) is 211 cm³/mol. The predicted octanol–water partition coefficient (Wildman–Crippen LogP) is 5.92. The number of methoxy groups -OCH3 is 1. The first-order valence-electron chi connectivity index (χ1n) is 19.2. The van der Waals surface area contributed by atoms with Crippen LogP contribution in [0.15, 0.2) is 97.1 Å². The Kier molecular flexibility index (Phi) is 9.48. The Balaban J connectivity index is 1.17. The van der Waals surface area contributed by atoms with Crippen LogP contribution in [0.4, 0.5) is 11.4 Å². The van der Waals surface area contributed by atoms with E-state index in [1.54, 1.807) is 7.11 Å². The van der Waals surface area contributed by atoms with E-state index in [4.69, 9.17) is 9.47 Å². The molecule has 3 amide bonds. The van der Waals surface area contributed by atoms with E-state index < -0.39 is 19.8 Å². The van der Waals surface area contributed by atoms with E-state index in [2.05, 4.69) is 44.3 Å². The van der Waals surface area contributed by atoms with Crippen LogP contribution in [0.2, 0.25) is 18.6 Å². The van der Waals surface area contributed by atoms with Gasteiger partial charge in [-0.05, 0) is 65.4 Å². The number of carbonyl (C=O) groups is 3. The lowest BCUT2D eigenvalue weighted by Gasteiger charge is -2.39. The Morgan fingerprint density at radius 1 is 0.963 bits per heavy atom. The van der Waals surface area contributed by atoms with E-state index in [9.17, 15) is 14.7 Å². The fourth-order valence-corrected chi connectivity index (χ4v) is 13.9. The number of hydrogen-bond acceptors (Lipinski definition) is 6. The average Bonchev–Trinajstić information content (AvgIpc) is 3.83. The van der Waals surface area contributed by atoms with Crippen LogP contribution in [0.3, 0.4) is 0 Å². The zero-order chi connectivity index (χ0) is 37.8. The van der Waals surface area contributed by atoms with E-state index >= 15 is 4.79 Å². The smallest absolute Gasteiger partial charge is 0.264 e. The first-order chi connectivity index (χ1) is 26.1. The molecule has 4 aromatic rings. The molecule has 10 heteroatoms. The number of para-hydroxylation sites is 1. The number of fused-ring (bicyclic) bond motifs is 3. The van der Waals surface area contributed by atoms with Gasteiger partial charge in [0.15, 0.2) is 5.60 Å². The van der Waals surface area contributed by atoms with Gasteiger partial charge in [-0.25, -0.2) is 0 Å². The Bertz CT molecular complexity index is 2090. The van der Waals surface area contributed by atoms with Crippen molar-refractivity contribution in [3.63, 3.8) is 0 Å². The van der Waals surface area contributed by atoms with Crippen molar-refractivity contribution in [1.29, 1.82) is 0 Å². The molecule has 1 N–H and O–H groups in total. The van der Waals surface area contributed by atoms with Crippen molar-refractivity contribution in [2.24, 2.45) is 5.92 Å². The SMILES string of the molecule is COc1ccc([Si](C)(C)[C@H]2[C@H](CC(=O)N3Cc4ccccc4C[C@H]3CO)O[C@@]3(C(=O)N(Cc4cccc(N5CCCC5=O)c4)c4ccccc43)[C@@H]2C)cc1. The van der Waals surface area contributed by atoms with Gasteiger partial charge in [-0.3, -0.25) is 14.4 Å². The van der Waals surface area contributed by atoms with Crippen molar-refractivity contribution >= 4 is 42.4 Å². The Labute approximate surface area is 318 Å². The molecular formula is C44H49N3O6Si. The molecule has 1 spiro atoms. The van der Waals surface area contributed by atoms with Crippen molar-refractivity contribution in [2.45, 2.75) is 82.1 Å². The monoisotopic (exact) mass is 743 g/mol. The zero-order valence-corrected chi connectivity index (χ0v) is 32.5. The molecule has 0 aromatic heterocycles. The minimum Gasteiger partial charge on any atom is -0.497 e. The molecule has 2 saturated heterocycles. The quantitative estimate of drug-likeness (QED) is 0.214. The van der Waals surface area contributed by atoms with Crippen molar-refractivity contribution in [2.75, 3.05) is 30.1 Å². The van der Waals surface area contributed by atoms with Crippen LogP contribution in [0.5, 0.6) is 5.75 Å². The number of carbonyl (C=O) groups excluding carboxylic acids is 3. The number of nitrogens with zero attached hydrogens (tertiary/aromatic N) is 3. The Hall–Kier alpha value is -4.77. The fraction of sp³-hybridized carbons (Fsp3) is 0.386.